The summed E-state index contributed by atoms with van der Waals surface area (Å²) >= 11 is 0. The van der Waals surface area contributed by atoms with E-state index in [1.165, 1.54) is 0 Å². The Labute approximate surface area is 98.3 Å². The first-order valence-corrected chi connectivity index (χ1v) is 5.25. The molecule has 0 bridgehead atoms. The van der Waals surface area contributed by atoms with Gasteiger partial charge in [-0.1, -0.05) is 12.1 Å². The average molecular weight is 234 g/mol. The minimum Gasteiger partial charge on any atom is -0.479 e. The van der Waals surface area contributed by atoms with Gasteiger partial charge in [-0.2, -0.15) is 0 Å². The van der Waals surface area contributed by atoms with E-state index in [2.05, 4.69) is 10.3 Å². The van der Waals surface area contributed by atoms with Crippen molar-refractivity contribution in [2.75, 3.05) is 11.9 Å². The molecule has 2 rings (SSSR count). The molecule has 1 heterocycles. The molecule has 0 spiro atoms. The third-order valence-corrected chi connectivity index (χ3v) is 2.81. The van der Waals surface area contributed by atoms with Crippen LogP contribution in [0.5, 0.6) is 0 Å². The number of benzene rings is 1. The summed E-state index contributed by atoms with van der Waals surface area (Å²) in [6, 6.07) is 7.15. The predicted octanol–water partition coefficient (Wildman–Crippen LogP) is 0.273. The van der Waals surface area contributed by atoms with Gasteiger partial charge in [-0.25, -0.2) is 9.79 Å². The normalized spacial score (nSPS) is 22.3. The van der Waals surface area contributed by atoms with E-state index in [0.29, 0.717) is 11.4 Å². The first kappa shape index (κ1) is 11.4. The molecule has 0 aliphatic carbocycles. The maximum absolute atomic E-state index is 11.4. The van der Waals surface area contributed by atoms with E-state index in [4.69, 9.17) is 11.5 Å². The van der Waals surface area contributed by atoms with Crippen molar-refractivity contribution in [2.45, 2.75) is 12.0 Å². The SMILES string of the molecule is NCCC1(C(=O)O)Nc2ccccc2N=C1N. The average Bonchev–Trinajstić information content (AvgIpc) is 2.30. The van der Waals surface area contributed by atoms with Gasteiger partial charge in [0.15, 0.2) is 5.54 Å². The minimum atomic E-state index is -1.40. The molecule has 90 valence electrons. The summed E-state index contributed by atoms with van der Waals surface area (Å²) in [4.78, 5) is 15.5. The number of fused-ring (bicyclic) bond motifs is 1. The Bertz CT molecular complexity index is 486. The van der Waals surface area contributed by atoms with Crippen LogP contribution in [0.4, 0.5) is 11.4 Å². The maximum atomic E-state index is 11.4. The fourth-order valence-corrected chi connectivity index (χ4v) is 1.87. The molecule has 0 fully saturated rings. The Morgan fingerprint density at radius 1 is 1.47 bits per heavy atom. The van der Waals surface area contributed by atoms with Gasteiger partial charge >= 0.3 is 5.97 Å². The van der Waals surface area contributed by atoms with Gasteiger partial charge < -0.3 is 21.9 Å². The van der Waals surface area contributed by atoms with Crippen LogP contribution in [0.2, 0.25) is 0 Å². The van der Waals surface area contributed by atoms with E-state index in [1.54, 1.807) is 18.2 Å². The molecule has 1 unspecified atom stereocenters. The van der Waals surface area contributed by atoms with Crippen LogP contribution in [0, 0.1) is 0 Å². The molecule has 0 aromatic heterocycles. The lowest BCUT2D eigenvalue weighted by atomic mass is 9.91. The highest BCUT2D eigenvalue weighted by atomic mass is 16.4. The number of carbonyl (C=O) groups is 1. The number of hydrogen-bond acceptors (Lipinski definition) is 5. The summed E-state index contributed by atoms with van der Waals surface area (Å²) in [5, 5.41) is 12.3. The van der Waals surface area contributed by atoms with Gasteiger partial charge in [-0.05, 0) is 18.7 Å². The lowest BCUT2D eigenvalue weighted by molar-refractivity contribution is -0.140. The van der Waals surface area contributed by atoms with Crippen molar-refractivity contribution in [2.24, 2.45) is 16.5 Å². The van der Waals surface area contributed by atoms with Crippen LogP contribution in [-0.4, -0.2) is 29.0 Å². The number of nitrogens with two attached hydrogens (primary N) is 2. The molecule has 6 heteroatoms. The number of carboxylic acid groups (broad SMARTS) is 1. The Balaban J connectivity index is 2.50. The monoisotopic (exact) mass is 234 g/mol. The van der Waals surface area contributed by atoms with Gasteiger partial charge in [0.1, 0.15) is 5.84 Å². The molecule has 0 radical (unpaired) electrons. The quantitative estimate of drug-likeness (QED) is 0.599. The van der Waals surface area contributed by atoms with Crippen molar-refractivity contribution < 1.29 is 9.90 Å². The maximum Gasteiger partial charge on any atom is 0.337 e. The second kappa shape index (κ2) is 4.06. The number of carboxylic acids is 1. The molecule has 1 aromatic carbocycles. The van der Waals surface area contributed by atoms with E-state index in [0.717, 1.165) is 0 Å². The molecule has 1 aliphatic rings. The Morgan fingerprint density at radius 2 is 2.18 bits per heavy atom. The van der Waals surface area contributed by atoms with Crippen LogP contribution >= 0.6 is 0 Å². The van der Waals surface area contributed by atoms with Crippen LogP contribution in [0.1, 0.15) is 6.42 Å². The number of hydrogen-bond donors (Lipinski definition) is 4. The molecule has 0 saturated heterocycles. The number of aliphatic imine (C=N–C) groups is 1. The fraction of sp³-hybridized carbons (Fsp3) is 0.273. The van der Waals surface area contributed by atoms with E-state index < -0.39 is 11.5 Å². The summed E-state index contributed by atoms with van der Waals surface area (Å²) in [6.07, 6.45) is 0.187. The zero-order valence-electron chi connectivity index (χ0n) is 9.18. The first-order chi connectivity index (χ1) is 8.10. The lowest BCUT2D eigenvalue weighted by Gasteiger charge is -2.34. The highest BCUT2D eigenvalue weighted by Gasteiger charge is 2.44. The number of nitrogens with one attached hydrogen (secondary N) is 1. The highest BCUT2D eigenvalue weighted by Crippen LogP contribution is 2.33. The molecule has 0 saturated carbocycles. The minimum absolute atomic E-state index is 0.0363. The number of anilines is 1. The number of para-hydroxylation sites is 2. The van der Waals surface area contributed by atoms with Crippen LogP contribution in [0.3, 0.4) is 0 Å². The van der Waals surface area contributed by atoms with E-state index in [1.807, 2.05) is 6.07 Å². The van der Waals surface area contributed by atoms with Gasteiger partial charge in [0.25, 0.3) is 0 Å². The van der Waals surface area contributed by atoms with E-state index >= 15 is 0 Å². The highest BCUT2D eigenvalue weighted by molar-refractivity contribution is 6.14. The molecule has 1 aliphatic heterocycles. The van der Waals surface area contributed by atoms with Crippen LogP contribution in [-0.2, 0) is 4.79 Å². The number of rotatable bonds is 3. The summed E-state index contributed by atoms with van der Waals surface area (Å²) in [7, 11) is 0. The summed E-state index contributed by atoms with van der Waals surface area (Å²) < 4.78 is 0. The first-order valence-electron chi connectivity index (χ1n) is 5.25. The third-order valence-electron chi connectivity index (χ3n) is 2.81. The van der Waals surface area contributed by atoms with Crippen molar-refractivity contribution in [3.63, 3.8) is 0 Å². The van der Waals surface area contributed by atoms with Crippen molar-refractivity contribution in [1.82, 2.24) is 0 Å². The smallest absolute Gasteiger partial charge is 0.337 e. The standard InChI is InChI=1S/C11H14N4O2/c12-6-5-11(10(16)17)9(13)14-7-3-1-2-4-8(7)15-11/h1-4,15H,5-6,12H2,(H2,13,14)(H,16,17). The topological polar surface area (TPSA) is 114 Å². The second-order valence-electron chi connectivity index (χ2n) is 3.89. The second-order valence-corrected chi connectivity index (χ2v) is 3.89. The van der Waals surface area contributed by atoms with Crippen molar-refractivity contribution in [3.8, 4) is 0 Å². The molecular formula is C11H14N4O2. The molecule has 6 nitrogen and oxygen atoms in total. The van der Waals surface area contributed by atoms with Gasteiger partial charge in [0.05, 0.1) is 11.4 Å². The van der Waals surface area contributed by atoms with Crippen LogP contribution < -0.4 is 16.8 Å². The largest absolute Gasteiger partial charge is 0.479 e. The van der Waals surface area contributed by atoms with Crippen LogP contribution in [0.25, 0.3) is 0 Å². The van der Waals surface area contributed by atoms with Crippen LogP contribution in [0.15, 0.2) is 29.3 Å². The Hall–Kier alpha value is -2.08. The van der Waals surface area contributed by atoms with Gasteiger partial charge in [0, 0.05) is 6.42 Å². The van der Waals surface area contributed by atoms with Gasteiger partial charge in [-0.3, -0.25) is 0 Å². The molecule has 1 atom stereocenters. The molecule has 1 aromatic rings. The summed E-state index contributed by atoms with van der Waals surface area (Å²) in [6.45, 7) is 0.206. The molecule has 6 N–H and O–H groups in total. The van der Waals surface area contributed by atoms with Gasteiger partial charge in [0.2, 0.25) is 0 Å². The summed E-state index contributed by atoms with van der Waals surface area (Å²) in [5.74, 6) is -1.03. The zero-order valence-corrected chi connectivity index (χ0v) is 9.18. The number of aliphatic carboxylic acids is 1. The van der Waals surface area contributed by atoms with E-state index in [-0.39, 0.29) is 18.8 Å². The summed E-state index contributed by atoms with van der Waals surface area (Å²) in [5.41, 5.74) is 11.1. The van der Waals surface area contributed by atoms with Crippen molar-refractivity contribution in [3.05, 3.63) is 24.3 Å². The molecule has 17 heavy (non-hydrogen) atoms. The predicted molar refractivity (Wildman–Crippen MR) is 65.4 cm³/mol. The Kier molecular flexibility index (Phi) is 2.72. The molecular weight excluding hydrogens is 220 g/mol. The van der Waals surface area contributed by atoms with Crippen molar-refractivity contribution >= 4 is 23.2 Å². The Morgan fingerprint density at radius 3 is 2.82 bits per heavy atom. The third kappa shape index (κ3) is 1.72. The number of nitrogens with zero attached hydrogens (tertiary/aromatic N) is 1. The van der Waals surface area contributed by atoms with E-state index in [9.17, 15) is 9.90 Å². The number of amidine groups is 1. The molecule has 0 amide bonds. The van der Waals surface area contributed by atoms with Crippen molar-refractivity contribution in [1.29, 1.82) is 0 Å². The zero-order chi connectivity index (χ0) is 12.5. The fourth-order valence-electron chi connectivity index (χ4n) is 1.87. The lowest BCUT2D eigenvalue weighted by Crippen LogP contribution is -2.58. The van der Waals surface area contributed by atoms with Gasteiger partial charge in [-0.15, -0.1) is 0 Å².